The lowest BCUT2D eigenvalue weighted by molar-refractivity contribution is -0.153. The topological polar surface area (TPSA) is 46.6 Å². The van der Waals surface area contributed by atoms with Crippen LogP contribution in [-0.4, -0.2) is 36.1 Å². The number of carbonyl (C=O) groups excluding carboxylic acids is 2. The minimum Gasteiger partial charge on any atom is -0.364 e. The fourth-order valence-electron chi connectivity index (χ4n) is 1.59. The number of alkyl halides is 1. The van der Waals surface area contributed by atoms with Gasteiger partial charge in [0, 0.05) is 13.0 Å². The molecule has 0 radical (unpaired) electrons. The van der Waals surface area contributed by atoms with Crippen LogP contribution in [0.5, 0.6) is 0 Å². The molecule has 1 fully saturated rings. The molecule has 1 unspecified atom stereocenters. The third-order valence-corrected chi connectivity index (χ3v) is 2.54. The summed E-state index contributed by atoms with van der Waals surface area (Å²) in [6.07, 6.45) is -1.49. The number of halogens is 1. The van der Waals surface area contributed by atoms with E-state index in [1.165, 1.54) is 5.06 Å². The molecule has 1 saturated heterocycles. The second-order valence-corrected chi connectivity index (χ2v) is 3.82. The Morgan fingerprint density at radius 3 is 2.71 bits per heavy atom. The predicted octanol–water partition coefficient (Wildman–Crippen LogP) is 1.37. The van der Waals surface area contributed by atoms with Crippen LogP contribution in [-0.2, 0) is 9.63 Å². The molecule has 0 aromatic heterocycles. The summed E-state index contributed by atoms with van der Waals surface area (Å²) in [4.78, 5) is 27.6. The third kappa shape index (κ3) is 2.88. The highest BCUT2D eigenvalue weighted by Crippen LogP contribution is 2.12. The first-order chi connectivity index (χ1) is 8.16. The lowest BCUT2D eigenvalue weighted by atomic mass is 10.1. The number of piperidine rings is 1. The highest BCUT2D eigenvalue weighted by Gasteiger charge is 2.29. The van der Waals surface area contributed by atoms with E-state index in [2.05, 4.69) is 0 Å². The molecule has 1 aromatic carbocycles. The van der Waals surface area contributed by atoms with Crippen molar-refractivity contribution in [2.75, 3.05) is 13.1 Å². The van der Waals surface area contributed by atoms with Gasteiger partial charge in [0.2, 0.25) is 0 Å². The number of hydroxylamine groups is 2. The molecule has 17 heavy (non-hydrogen) atoms. The largest absolute Gasteiger partial charge is 0.364 e. The number of nitrogens with zero attached hydrogens (tertiary/aromatic N) is 1. The van der Waals surface area contributed by atoms with Crippen LogP contribution in [0, 0.1) is 0 Å². The van der Waals surface area contributed by atoms with Crippen LogP contribution in [0.3, 0.4) is 0 Å². The quantitative estimate of drug-likeness (QED) is 0.779. The van der Waals surface area contributed by atoms with E-state index < -0.39 is 17.9 Å². The molecule has 1 atom stereocenters. The second-order valence-electron chi connectivity index (χ2n) is 3.82. The monoisotopic (exact) mass is 237 g/mol. The molecule has 4 nitrogen and oxygen atoms in total. The molecular formula is C12H12FNO3. The van der Waals surface area contributed by atoms with Gasteiger partial charge in [-0.05, 0) is 12.1 Å². The molecule has 0 amide bonds. The van der Waals surface area contributed by atoms with Crippen LogP contribution < -0.4 is 0 Å². The van der Waals surface area contributed by atoms with Gasteiger partial charge in [0.05, 0.1) is 12.1 Å². The summed E-state index contributed by atoms with van der Waals surface area (Å²) < 4.78 is 13.1. The predicted molar refractivity (Wildman–Crippen MR) is 58.0 cm³/mol. The minimum absolute atomic E-state index is 0.0727. The Morgan fingerprint density at radius 2 is 2.06 bits per heavy atom. The summed E-state index contributed by atoms with van der Waals surface area (Å²) in [5.41, 5.74) is 0.403. The Bertz CT molecular complexity index is 421. The van der Waals surface area contributed by atoms with Crippen LogP contribution in [0.2, 0.25) is 0 Å². The van der Waals surface area contributed by atoms with Crippen LogP contribution in [0.1, 0.15) is 16.8 Å². The van der Waals surface area contributed by atoms with E-state index in [4.69, 9.17) is 4.84 Å². The van der Waals surface area contributed by atoms with Gasteiger partial charge in [-0.1, -0.05) is 18.2 Å². The molecule has 5 heteroatoms. The van der Waals surface area contributed by atoms with Crippen molar-refractivity contribution in [2.45, 2.75) is 12.6 Å². The van der Waals surface area contributed by atoms with Crippen molar-refractivity contribution < 1.29 is 18.8 Å². The zero-order valence-electron chi connectivity index (χ0n) is 9.14. The van der Waals surface area contributed by atoms with Crippen molar-refractivity contribution in [3.63, 3.8) is 0 Å². The van der Waals surface area contributed by atoms with Gasteiger partial charge in [0.25, 0.3) is 0 Å². The van der Waals surface area contributed by atoms with Crippen molar-refractivity contribution in [1.29, 1.82) is 0 Å². The number of benzene rings is 1. The summed E-state index contributed by atoms with van der Waals surface area (Å²) in [6, 6.07) is 8.45. The molecule has 0 N–H and O–H groups in total. The van der Waals surface area contributed by atoms with Gasteiger partial charge in [0.15, 0.2) is 12.0 Å². The molecule has 0 bridgehead atoms. The van der Waals surface area contributed by atoms with Crippen molar-refractivity contribution in [3.05, 3.63) is 35.9 Å². The molecular weight excluding hydrogens is 225 g/mol. The summed E-state index contributed by atoms with van der Waals surface area (Å²) >= 11 is 0. The van der Waals surface area contributed by atoms with E-state index in [1.54, 1.807) is 30.3 Å². The number of ketones is 1. The first-order valence-corrected chi connectivity index (χ1v) is 5.36. The molecule has 2 rings (SSSR count). The first kappa shape index (κ1) is 11.7. The Kier molecular flexibility index (Phi) is 3.49. The number of hydrogen-bond donors (Lipinski definition) is 0. The van der Waals surface area contributed by atoms with E-state index in [9.17, 15) is 14.0 Å². The van der Waals surface area contributed by atoms with Crippen molar-refractivity contribution in [3.8, 4) is 0 Å². The van der Waals surface area contributed by atoms with Crippen LogP contribution in [0.25, 0.3) is 0 Å². The molecule has 1 heterocycles. The fraction of sp³-hybridized carbons (Fsp3) is 0.333. The Morgan fingerprint density at radius 1 is 1.35 bits per heavy atom. The van der Waals surface area contributed by atoms with Gasteiger partial charge >= 0.3 is 5.97 Å². The second kappa shape index (κ2) is 5.05. The summed E-state index contributed by atoms with van der Waals surface area (Å²) in [7, 11) is 0. The number of rotatable bonds is 2. The number of Topliss-reactive ketones (excluding diaryl/α,β-unsaturated/α-hetero) is 1. The van der Waals surface area contributed by atoms with Gasteiger partial charge in [-0.15, -0.1) is 5.06 Å². The average Bonchev–Trinajstić information content (AvgIpc) is 2.35. The maximum atomic E-state index is 13.1. The van der Waals surface area contributed by atoms with Crippen molar-refractivity contribution in [1.82, 2.24) is 5.06 Å². The van der Waals surface area contributed by atoms with Crippen LogP contribution in [0.4, 0.5) is 4.39 Å². The zero-order valence-corrected chi connectivity index (χ0v) is 9.14. The molecule has 90 valence electrons. The number of carbonyl (C=O) groups is 2. The van der Waals surface area contributed by atoms with Crippen molar-refractivity contribution >= 4 is 11.8 Å². The average molecular weight is 237 g/mol. The number of hydrogen-bond acceptors (Lipinski definition) is 4. The van der Waals surface area contributed by atoms with Crippen LogP contribution in [0.15, 0.2) is 30.3 Å². The first-order valence-electron chi connectivity index (χ1n) is 5.36. The molecule has 0 aliphatic carbocycles. The van der Waals surface area contributed by atoms with E-state index >= 15 is 0 Å². The van der Waals surface area contributed by atoms with Crippen molar-refractivity contribution in [2.24, 2.45) is 0 Å². The van der Waals surface area contributed by atoms with E-state index in [-0.39, 0.29) is 19.5 Å². The maximum Gasteiger partial charge on any atom is 0.357 e. The molecule has 1 aliphatic heterocycles. The molecule has 0 spiro atoms. The van der Waals surface area contributed by atoms with Gasteiger partial charge in [-0.3, -0.25) is 4.79 Å². The molecule has 1 aromatic rings. The third-order valence-electron chi connectivity index (χ3n) is 2.54. The SMILES string of the molecule is O=C(ON1CCC(=O)C(F)C1)c1ccccc1. The molecule has 1 aliphatic rings. The standard InChI is InChI=1S/C12H12FNO3/c13-10-8-14(7-6-11(10)15)17-12(16)9-4-2-1-3-5-9/h1-5,10H,6-8H2. The van der Waals surface area contributed by atoms with Gasteiger partial charge < -0.3 is 4.84 Å². The summed E-state index contributed by atoms with van der Waals surface area (Å²) in [5.74, 6) is -0.968. The normalized spacial score (nSPS) is 21.2. The van der Waals surface area contributed by atoms with Crippen LogP contribution >= 0.6 is 0 Å². The van der Waals surface area contributed by atoms with E-state index in [0.29, 0.717) is 5.56 Å². The fourth-order valence-corrected chi connectivity index (χ4v) is 1.59. The highest BCUT2D eigenvalue weighted by atomic mass is 19.1. The zero-order chi connectivity index (χ0) is 12.3. The smallest absolute Gasteiger partial charge is 0.357 e. The van der Waals surface area contributed by atoms with E-state index in [0.717, 1.165) is 0 Å². The highest BCUT2D eigenvalue weighted by molar-refractivity contribution is 5.89. The Hall–Kier alpha value is -1.75. The summed E-state index contributed by atoms with van der Waals surface area (Å²) in [5, 5.41) is 1.20. The summed E-state index contributed by atoms with van der Waals surface area (Å²) in [6.45, 7) is 0.0647. The van der Waals surface area contributed by atoms with Gasteiger partial charge in [0.1, 0.15) is 0 Å². The van der Waals surface area contributed by atoms with E-state index in [1.807, 2.05) is 0 Å². The van der Waals surface area contributed by atoms with Gasteiger partial charge in [-0.25, -0.2) is 9.18 Å². The lowest BCUT2D eigenvalue weighted by Gasteiger charge is -2.26. The maximum absolute atomic E-state index is 13.1. The minimum atomic E-state index is -1.56. The molecule has 0 saturated carbocycles. The Labute approximate surface area is 97.9 Å². The van der Waals surface area contributed by atoms with Gasteiger partial charge in [-0.2, -0.15) is 0 Å². The Balaban J connectivity index is 1.94. The lowest BCUT2D eigenvalue weighted by Crippen LogP contribution is -2.43.